The van der Waals surface area contributed by atoms with Gasteiger partial charge in [0.15, 0.2) is 0 Å². The largest absolute Gasteiger partial charge is 0.359 e. The van der Waals surface area contributed by atoms with Gasteiger partial charge in [-0.1, -0.05) is 100 Å². The number of ether oxygens (including phenoxy) is 1. The summed E-state index contributed by atoms with van der Waals surface area (Å²) in [5.41, 5.74) is 1.31. The van der Waals surface area contributed by atoms with E-state index in [4.69, 9.17) is 4.74 Å². The second-order valence-corrected chi connectivity index (χ2v) is 7.06. The molecular weight excluding hydrogens is 268 g/mol. The summed E-state index contributed by atoms with van der Waals surface area (Å²) in [5, 5.41) is 0. The molecule has 0 saturated heterocycles. The highest BCUT2D eigenvalue weighted by Crippen LogP contribution is 2.40. The molecule has 1 aromatic rings. The van der Waals surface area contributed by atoms with Crippen LogP contribution in [0, 0.1) is 0 Å². The molecule has 1 saturated carbocycles. The van der Waals surface area contributed by atoms with E-state index < -0.39 is 0 Å². The van der Waals surface area contributed by atoms with E-state index in [-0.39, 0.29) is 11.7 Å². The van der Waals surface area contributed by atoms with Crippen LogP contribution in [-0.2, 0) is 4.74 Å². The first-order chi connectivity index (χ1) is 10.9. The van der Waals surface area contributed by atoms with Crippen molar-refractivity contribution in [2.24, 2.45) is 0 Å². The van der Waals surface area contributed by atoms with Crippen LogP contribution in [0.15, 0.2) is 42.5 Å². The molecule has 1 spiro atoms. The van der Waals surface area contributed by atoms with Crippen molar-refractivity contribution >= 4 is 0 Å². The van der Waals surface area contributed by atoms with Crippen molar-refractivity contribution < 1.29 is 4.74 Å². The van der Waals surface area contributed by atoms with Crippen molar-refractivity contribution in [3.8, 4) is 0 Å². The van der Waals surface area contributed by atoms with E-state index in [1.165, 1.54) is 76.2 Å². The van der Waals surface area contributed by atoms with Crippen LogP contribution in [0.4, 0.5) is 0 Å². The second kappa shape index (κ2) is 7.97. The van der Waals surface area contributed by atoms with Gasteiger partial charge in [-0.2, -0.15) is 0 Å². The van der Waals surface area contributed by atoms with Gasteiger partial charge in [-0.05, 0) is 18.4 Å². The van der Waals surface area contributed by atoms with Gasteiger partial charge in [-0.3, -0.25) is 0 Å². The summed E-state index contributed by atoms with van der Waals surface area (Å²) >= 11 is 0. The van der Waals surface area contributed by atoms with E-state index in [0.29, 0.717) is 0 Å². The minimum Gasteiger partial charge on any atom is -0.359 e. The third-order valence-electron chi connectivity index (χ3n) is 5.26. The molecule has 1 unspecified atom stereocenters. The summed E-state index contributed by atoms with van der Waals surface area (Å²) in [6, 6.07) is 10.7. The molecular formula is C21H30O. The topological polar surface area (TPSA) is 9.23 Å². The fourth-order valence-corrected chi connectivity index (χ4v) is 3.91. The molecule has 2 aliphatic rings. The summed E-state index contributed by atoms with van der Waals surface area (Å²) in [5.74, 6) is 0. The second-order valence-electron chi connectivity index (χ2n) is 7.06. The minimum absolute atomic E-state index is 0.0136. The molecule has 0 N–H and O–H groups in total. The molecule has 1 aliphatic heterocycles. The van der Waals surface area contributed by atoms with Crippen molar-refractivity contribution in [2.45, 2.75) is 82.3 Å². The lowest BCUT2D eigenvalue weighted by Crippen LogP contribution is -2.28. The molecule has 1 fully saturated rings. The van der Waals surface area contributed by atoms with E-state index in [9.17, 15) is 0 Å². The van der Waals surface area contributed by atoms with E-state index in [1.807, 2.05) is 0 Å². The van der Waals surface area contributed by atoms with Gasteiger partial charge in [0.1, 0.15) is 6.10 Å². The zero-order valence-electron chi connectivity index (χ0n) is 13.8. The smallest absolute Gasteiger partial charge is 0.102 e. The van der Waals surface area contributed by atoms with Gasteiger partial charge in [0.05, 0.1) is 5.60 Å². The first-order valence-electron chi connectivity index (χ1n) is 9.30. The van der Waals surface area contributed by atoms with Crippen LogP contribution in [0.2, 0.25) is 0 Å². The predicted octanol–water partition coefficient (Wildman–Crippen LogP) is 6.36. The van der Waals surface area contributed by atoms with Gasteiger partial charge in [-0.15, -0.1) is 0 Å². The SMILES string of the molecule is C1=CC2(CCCCCCCCCCC2)OC1c1ccccc1. The van der Waals surface area contributed by atoms with Crippen molar-refractivity contribution in [1.82, 2.24) is 0 Å². The molecule has 1 heterocycles. The molecule has 1 aromatic carbocycles. The van der Waals surface area contributed by atoms with Gasteiger partial charge in [0.25, 0.3) is 0 Å². The maximum atomic E-state index is 6.57. The molecule has 0 bridgehead atoms. The molecule has 1 nitrogen and oxygen atoms in total. The van der Waals surface area contributed by atoms with Crippen LogP contribution >= 0.6 is 0 Å². The van der Waals surface area contributed by atoms with Gasteiger partial charge >= 0.3 is 0 Å². The summed E-state index contributed by atoms with van der Waals surface area (Å²) in [6.45, 7) is 0. The Morgan fingerprint density at radius 1 is 0.727 bits per heavy atom. The number of hydrogen-bond acceptors (Lipinski definition) is 1. The molecule has 1 atom stereocenters. The van der Waals surface area contributed by atoms with Crippen LogP contribution < -0.4 is 0 Å². The van der Waals surface area contributed by atoms with Crippen molar-refractivity contribution in [3.63, 3.8) is 0 Å². The Balaban J connectivity index is 1.63. The highest BCUT2D eigenvalue weighted by molar-refractivity contribution is 5.26. The lowest BCUT2D eigenvalue weighted by atomic mass is 9.89. The summed E-state index contributed by atoms with van der Waals surface area (Å²) in [7, 11) is 0. The van der Waals surface area contributed by atoms with Crippen LogP contribution in [0.5, 0.6) is 0 Å². The first kappa shape index (κ1) is 15.8. The number of hydrogen-bond donors (Lipinski definition) is 0. The Kier molecular flexibility index (Phi) is 5.72. The third-order valence-corrected chi connectivity index (χ3v) is 5.26. The fourth-order valence-electron chi connectivity index (χ4n) is 3.91. The Morgan fingerprint density at radius 3 is 1.86 bits per heavy atom. The van der Waals surface area contributed by atoms with E-state index in [1.54, 1.807) is 0 Å². The lowest BCUT2D eigenvalue weighted by molar-refractivity contribution is -0.0388. The average molecular weight is 298 g/mol. The summed E-state index contributed by atoms with van der Waals surface area (Å²) in [6.07, 6.45) is 19.7. The van der Waals surface area contributed by atoms with Crippen molar-refractivity contribution in [1.29, 1.82) is 0 Å². The normalized spacial score (nSPS) is 26.5. The third kappa shape index (κ3) is 4.23. The Hall–Kier alpha value is -1.08. The maximum Gasteiger partial charge on any atom is 0.102 e. The Labute approximate surface area is 135 Å². The molecule has 120 valence electrons. The van der Waals surface area contributed by atoms with Gasteiger partial charge in [0.2, 0.25) is 0 Å². The van der Waals surface area contributed by atoms with Crippen molar-refractivity contribution in [2.75, 3.05) is 0 Å². The lowest BCUT2D eigenvalue weighted by Gasteiger charge is -2.30. The van der Waals surface area contributed by atoms with Crippen LogP contribution in [0.1, 0.15) is 82.3 Å². The molecule has 1 aliphatic carbocycles. The molecule has 0 amide bonds. The number of rotatable bonds is 1. The zero-order valence-corrected chi connectivity index (χ0v) is 13.8. The van der Waals surface area contributed by atoms with Gasteiger partial charge < -0.3 is 4.74 Å². The van der Waals surface area contributed by atoms with Crippen LogP contribution in [0.25, 0.3) is 0 Å². The summed E-state index contributed by atoms with van der Waals surface area (Å²) in [4.78, 5) is 0. The van der Waals surface area contributed by atoms with E-state index >= 15 is 0 Å². The monoisotopic (exact) mass is 298 g/mol. The van der Waals surface area contributed by atoms with Gasteiger partial charge in [-0.25, -0.2) is 0 Å². The summed E-state index contributed by atoms with van der Waals surface area (Å²) < 4.78 is 6.57. The quantitative estimate of drug-likeness (QED) is 0.548. The van der Waals surface area contributed by atoms with Crippen LogP contribution in [-0.4, -0.2) is 5.60 Å². The van der Waals surface area contributed by atoms with E-state index in [0.717, 1.165) is 0 Å². The zero-order chi connectivity index (χ0) is 15.1. The maximum absolute atomic E-state index is 6.57. The number of benzene rings is 1. The van der Waals surface area contributed by atoms with Crippen LogP contribution in [0.3, 0.4) is 0 Å². The molecule has 1 heteroatoms. The average Bonchev–Trinajstić information content (AvgIpc) is 2.97. The highest BCUT2D eigenvalue weighted by atomic mass is 16.5. The Bertz CT molecular complexity index is 450. The molecule has 0 radical (unpaired) electrons. The van der Waals surface area contributed by atoms with E-state index in [2.05, 4.69) is 42.5 Å². The molecule has 22 heavy (non-hydrogen) atoms. The standard InChI is InChI=1S/C21H30O/c1-2-4-6-11-16-21(17-12-7-5-3-1)18-15-20(22-21)19-13-9-8-10-14-19/h8-10,13-15,18,20H,1-7,11-12,16-17H2. The first-order valence-corrected chi connectivity index (χ1v) is 9.30. The van der Waals surface area contributed by atoms with Crippen molar-refractivity contribution in [3.05, 3.63) is 48.0 Å². The minimum atomic E-state index is 0.0136. The molecule has 3 rings (SSSR count). The highest BCUT2D eigenvalue weighted by Gasteiger charge is 2.35. The van der Waals surface area contributed by atoms with Gasteiger partial charge in [0, 0.05) is 0 Å². The fraction of sp³-hybridized carbons (Fsp3) is 0.619. The predicted molar refractivity (Wildman–Crippen MR) is 92.9 cm³/mol. The molecule has 0 aromatic heterocycles. The Morgan fingerprint density at radius 2 is 1.27 bits per heavy atom.